The van der Waals surface area contributed by atoms with Crippen molar-refractivity contribution in [3.05, 3.63) is 71.8 Å². The van der Waals surface area contributed by atoms with Gasteiger partial charge in [0.1, 0.15) is 6.30 Å². The summed E-state index contributed by atoms with van der Waals surface area (Å²) in [5.74, 6) is -0.0820. The van der Waals surface area contributed by atoms with Crippen LogP contribution in [0.4, 0.5) is 0 Å². The van der Waals surface area contributed by atoms with E-state index in [0.717, 1.165) is 12.1 Å². The Kier molecular flexibility index (Phi) is 4.66. The highest BCUT2D eigenvalue weighted by atomic mass is 31.1. The van der Waals surface area contributed by atoms with E-state index in [9.17, 15) is 4.89 Å². The lowest BCUT2D eigenvalue weighted by atomic mass is 10.2. The fourth-order valence-corrected chi connectivity index (χ4v) is 2.66. The highest BCUT2D eigenvalue weighted by Crippen LogP contribution is 2.34. The average molecular weight is 258 g/mol. The van der Waals surface area contributed by atoms with Gasteiger partial charge in [-0.15, -0.1) is 0 Å². The van der Waals surface area contributed by atoms with E-state index in [-0.39, 0.29) is 5.78 Å². The molecule has 0 heterocycles. The minimum absolute atomic E-state index is 0.0820. The van der Waals surface area contributed by atoms with Crippen LogP contribution in [0.3, 0.4) is 0 Å². The number of rotatable bonds is 5. The van der Waals surface area contributed by atoms with Gasteiger partial charge >= 0.3 is 0 Å². The molecule has 0 radical (unpaired) electrons. The van der Waals surface area contributed by atoms with Gasteiger partial charge in [-0.3, -0.25) is 5.32 Å². The first-order chi connectivity index (χ1) is 8.77. The van der Waals surface area contributed by atoms with Crippen LogP contribution < -0.4 is 5.32 Å². The van der Waals surface area contributed by atoms with Gasteiger partial charge in [-0.1, -0.05) is 60.7 Å². The van der Waals surface area contributed by atoms with Gasteiger partial charge < -0.3 is 0 Å². The maximum absolute atomic E-state index is 9.83. The van der Waals surface area contributed by atoms with E-state index in [0.29, 0.717) is 0 Å². The summed E-state index contributed by atoms with van der Waals surface area (Å²) in [4.78, 5) is 9.83. The van der Waals surface area contributed by atoms with Crippen molar-refractivity contribution in [3.8, 4) is 0 Å². The number of hydrogen-bond donors (Lipinski definition) is 2. The van der Waals surface area contributed by atoms with Gasteiger partial charge in [0.2, 0.25) is 5.78 Å². The van der Waals surface area contributed by atoms with E-state index in [1.165, 1.54) is 5.56 Å². The van der Waals surface area contributed by atoms with Crippen molar-refractivity contribution in [2.45, 2.75) is 12.3 Å². The molecule has 3 heteroatoms. The van der Waals surface area contributed by atoms with Crippen LogP contribution in [-0.4, -0.2) is 11.2 Å². The van der Waals surface area contributed by atoms with Crippen LogP contribution in [0.2, 0.25) is 0 Å². The van der Waals surface area contributed by atoms with Gasteiger partial charge in [0.15, 0.2) is 0 Å². The zero-order valence-corrected chi connectivity index (χ0v) is 11.1. The van der Waals surface area contributed by atoms with Gasteiger partial charge in [0.25, 0.3) is 7.77 Å². The predicted octanol–water partition coefficient (Wildman–Crippen LogP) is 3.30. The van der Waals surface area contributed by atoms with Crippen LogP contribution in [0.5, 0.6) is 0 Å². The zero-order valence-electron chi connectivity index (χ0n) is 10.2. The molecule has 2 atom stereocenters. The first kappa shape index (κ1) is 13.0. The second kappa shape index (κ2) is 6.46. The van der Waals surface area contributed by atoms with Gasteiger partial charge in [0.05, 0.1) is 0 Å². The first-order valence-corrected chi connectivity index (χ1v) is 7.43. The van der Waals surface area contributed by atoms with Crippen molar-refractivity contribution >= 4 is 14.1 Å². The molecular weight excluding hydrogens is 241 g/mol. The van der Waals surface area contributed by atoms with Crippen molar-refractivity contribution < 1.29 is 4.89 Å². The SMILES string of the molecule is C=[P+](O)C(NCc1ccccc1)c1ccccc1. The van der Waals surface area contributed by atoms with Gasteiger partial charge in [-0.2, -0.15) is 4.89 Å². The Hall–Kier alpha value is -1.47. The summed E-state index contributed by atoms with van der Waals surface area (Å²) in [5.41, 5.74) is 2.28. The number of nitrogens with one attached hydrogen (secondary N) is 1. The Morgan fingerprint density at radius 1 is 1.00 bits per heavy atom. The number of benzene rings is 2. The Balaban J connectivity index is 2.06. The van der Waals surface area contributed by atoms with Crippen LogP contribution in [0.15, 0.2) is 60.7 Å². The summed E-state index contributed by atoms with van der Waals surface area (Å²) in [6.07, 6.45) is 3.79. The zero-order chi connectivity index (χ0) is 12.8. The van der Waals surface area contributed by atoms with Crippen molar-refractivity contribution in [2.24, 2.45) is 0 Å². The first-order valence-electron chi connectivity index (χ1n) is 5.88. The molecule has 0 aliphatic carbocycles. The third kappa shape index (κ3) is 3.51. The fourth-order valence-electron chi connectivity index (χ4n) is 1.84. The second-order valence-electron chi connectivity index (χ2n) is 4.12. The van der Waals surface area contributed by atoms with Crippen LogP contribution >= 0.6 is 7.77 Å². The minimum Gasteiger partial charge on any atom is -0.266 e. The normalized spacial score (nSPS) is 13.1. The standard InChI is InChI=1S/C15H17NOP/c1-18(17)15(14-10-6-3-7-11-14)16-12-13-8-4-2-5-9-13/h2-11,15-17H,1,12H2/q+1. The van der Waals surface area contributed by atoms with E-state index < -0.39 is 7.77 Å². The van der Waals surface area contributed by atoms with E-state index in [4.69, 9.17) is 0 Å². The van der Waals surface area contributed by atoms with E-state index in [1.807, 2.05) is 48.5 Å². The molecular formula is C15H17NOP+. The highest BCUT2D eigenvalue weighted by molar-refractivity contribution is 7.50. The Morgan fingerprint density at radius 3 is 2.11 bits per heavy atom. The summed E-state index contributed by atoms with van der Waals surface area (Å²) in [7, 11) is -1.30. The molecule has 2 aromatic carbocycles. The molecule has 0 aliphatic rings. The Labute approximate surface area is 109 Å². The predicted molar refractivity (Wildman–Crippen MR) is 78.7 cm³/mol. The Morgan fingerprint density at radius 2 is 1.56 bits per heavy atom. The molecule has 0 saturated heterocycles. The van der Waals surface area contributed by atoms with Gasteiger partial charge in [-0.05, 0) is 5.56 Å². The van der Waals surface area contributed by atoms with E-state index >= 15 is 0 Å². The lowest BCUT2D eigenvalue weighted by Gasteiger charge is -2.10. The van der Waals surface area contributed by atoms with Gasteiger partial charge in [0, 0.05) is 12.1 Å². The summed E-state index contributed by atoms with van der Waals surface area (Å²) in [6, 6.07) is 20.1. The fraction of sp³-hybridized carbons (Fsp3) is 0.133. The molecule has 2 unspecified atom stereocenters. The summed E-state index contributed by atoms with van der Waals surface area (Å²) < 4.78 is 0. The molecule has 0 aromatic heterocycles. The molecule has 0 saturated carbocycles. The monoisotopic (exact) mass is 258 g/mol. The lowest BCUT2D eigenvalue weighted by molar-refractivity contribution is 0.585. The third-order valence-electron chi connectivity index (χ3n) is 2.76. The van der Waals surface area contributed by atoms with Crippen molar-refractivity contribution in [3.63, 3.8) is 0 Å². The molecule has 92 valence electrons. The molecule has 2 aromatic rings. The molecule has 0 bridgehead atoms. The maximum atomic E-state index is 9.83. The maximum Gasteiger partial charge on any atom is 0.267 e. The quantitative estimate of drug-likeness (QED) is 0.806. The average Bonchev–Trinajstić information content (AvgIpc) is 2.41. The van der Waals surface area contributed by atoms with Crippen molar-refractivity contribution in [1.29, 1.82) is 0 Å². The van der Waals surface area contributed by atoms with Crippen LogP contribution in [0, 0.1) is 0 Å². The van der Waals surface area contributed by atoms with Gasteiger partial charge in [-0.25, -0.2) is 0 Å². The molecule has 2 rings (SSSR count). The molecule has 0 amide bonds. The molecule has 2 N–H and O–H groups in total. The van der Waals surface area contributed by atoms with Crippen molar-refractivity contribution in [2.75, 3.05) is 0 Å². The number of hydrogen-bond acceptors (Lipinski definition) is 2. The topological polar surface area (TPSA) is 32.3 Å². The summed E-state index contributed by atoms with van der Waals surface area (Å²) in [6.45, 7) is 0.731. The molecule has 0 fully saturated rings. The Bertz CT molecular complexity index is 498. The van der Waals surface area contributed by atoms with Crippen LogP contribution in [-0.2, 0) is 6.54 Å². The third-order valence-corrected chi connectivity index (χ3v) is 3.83. The summed E-state index contributed by atoms with van der Waals surface area (Å²) >= 11 is 0. The minimum atomic E-state index is -1.30. The smallest absolute Gasteiger partial charge is 0.266 e. The highest BCUT2D eigenvalue weighted by Gasteiger charge is 2.22. The molecule has 2 nitrogen and oxygen atoms in total. The van der Waals surface area contributed by atoms with Crippen LogP contribution in [0.1, 0.15) is 16.9 Å². The molecule has 0 spiro atoms. The van der Waals surface area contributed by atoms with Crippen molar-refractivity contribution in [1.82, 2.24) is 5.32 Å². The van der Waals surface area contributed by atoms with E-state index in [2.05, 4.69) is 23.7 Å². The summed E-state index contributed by atoms with van der Waals surface area (Å²) in [5, 5.41) is 3.37. The lowest BCUT2D eigenvalue weighted by Crippen LogP contribution is -2.18. The largest absolute Gasteiger partial charge is 0.267 e. The molecule has 0 aliphatic heterocycles. The second-order valence-corrected chi connectivity index (χ2v) is 5.51. The van der Waals surface area contributed by atoms with E-state index in [1.54, 1.807) is 0 Å². The van der Waals surface area contributed by atoms with Crippen LogP contribution in [0.25, 0.3) is 0 Å². The molecule has 18 heavy (non-hydrogen) atoms.